The summed E-state index contributed by atoms with van der Waals surface area (Å²) >= 11 is 0. The van der Waals surface area contributed by atoms with E-state index in [4.69, 9.17) is 4.74 Å². The van der Waals surface area contributed by atoms with Gasteiger partial charge in [0.2, 0.25) is 11.8 Å². The number of hydrogen-bond acceptors (Lipinski definition) is 3. The maximum absolute atomic E-state index is 13.0. The summed E-state index contributed by atoms with van der Waals surface area (Å²) in [5, 5.41) is 2.68. The van der Waals surface area contributed by atoms with E-state index < -0.39 is 6.04 Å². The third-order valence-electron chi connectivity index (χ3n) is 4.63. The Morgan fingerprint density at radius 1 is 1.04 bits per heavy atom. The standard InChI is InChI=1S/C22H28N2O3/c1-4-20(22(26)23-2)24(15-14-17-8-6-5-7-9-17)21(25)16-18-10-12-19(27-3)13-11-18/h5-13,20H,4,14-16H2,1-3H3,(H,23,26)/t20-/m0/s1. The highest BCUT2D eigenvalue weighted by Gasteiger charge is 2.27. The van der Waals surface area contributed by atoms with Crippen LogP contribution in [0.2, 0.25) is 0 Å². The molecular formula is C22H28N2O3. The molecule has 2 aromatic carbocycles. The van der Waals surface area contributed by atoms with Gasteiger partial charge in [-0.25, -0.2) is 0 Å². The average Bonchev–Trinajstić information content (AvgIpc) is 2.71. The second-order valence-electron chi connectivity index (χ2n) is 6.39. The Balaban J connectivity index is 2.15. The fourth-order valence-electron chi connectivity index (χ4n) is 3.08. The molecule has 0 unspecified atom stereocenters. The van der Waals surface area contributed by atoms with E-state index in [0.717, 1.165) is 16.9 Å². The van der Waals surface area contributed by atoms with Crippen LogP contribution in [0.5, 0.6) is 5.75 Å². The van der Waals surface area contributed by atoms with Crippen LogP contribution in [0.3, 0.4) is 0 Å². The minimum Gasteiger partial charge on any atom is -0.497 e. The molecule has 0 heterocycles. The van der Waals surface area contributed by atoms with Crippen LogP contribution >= 0.6 is 0 Å². The molecule has 0 radical (unpaired) electrons. The molecule has 0 bridgehead atoms. The van der Waals surface area contributed by atoms with Crippen molar-refractivity contribution >= 4 is 11.8 Å². The zero-order chi connectivity index (χ0) is 19.6. The van der Waals surface area contributed by atoms with Gasteiger partial charge in [-0.2, -0.15) is 0 Å². The summed E-state index contributed by atoms with van der Waals surface area (Å²) < 4.78 is 5.16. The van der Waals surface area contributed by atoms with Crippen LogP contribution in [0.25, 0.3) is 0 Å². The van der Waals surface area contributed by atoms with Crippen LogP contribution in [-0.4, -0.2) is 43.5 Å². The molecule has 0 spiro atoms. The van der Waals surface area contributed by atoms with Gasteiger partial charge in [-0.15, -0.1) is 0 Å². The summed E-state index contributed by atoms with van der Waals surface area (Å²) in [6.07, 6.45) is 1.54. The first-order chi connectivity index (χ1) is 13.1. The molecular weight excluding hydrogens is 340 g/mol. The van der Waals surface area contributed by atoms with Gasteiger partial charge in [-0.1, -0.05) is 49.4 Å². The van der Waals surface area contributed by atoms with Crippen LogP contribution in [0.1, 0.15) is 24.5 Å². The Bertz CT molecular complexity index is 729. The molecule has 2 amide bonds. The topological polar surface area (TPSA) is 58.6 Å². The predicted molar refractivity (Wildman–Crippen MR) is 107 cm³/mol. The number of methoxy groups -OCH3 is 1. The van der Waals surface area contributed by atoms with Gasteiger partial charge in [-0.3, -0.25) is 9.59 Å². The molecule has 1 N–H and O–H groups in total. The van der Waals surface area contributed by atoms with Crippen LogP contribution < -0.4 is 10.1 Å². The van der Waals surface area contributed by atoms with Gasteiger partial charge in [-0.05, 0) is 36.1 Å². The highest BCUT2D eigenvalue weighted by molar-refractivity contribution is 5.88. The van der Waals surface area contributed by atoms with Crippen LogP contribution in [0.15, 0.2) is 54.6 Å². The largest absolute Gasteiger partial charge is 0.497 e. The monoisotopic (exact) mass is 368 g/mol. The van der Waals surface area contributed by atoms with E-state index in [-0.39, 0.29) is 18.2 Å². The van der Waals surface area contributed by atoms with Gasteiger partial charge < -0.3 is 15.0 Å². The third-order valence-corrected chi connectivity index (χ3v) is 4.63. The minimum atomic E-state index is -0.468. The minimum absolute atomic E-state index is 0.0495. The molecule has 2 rings (SSSR count). The second kappa shape index (κ2) is 10.4. The summed E-state index contributed by atoms with van der Waals surface area (Å²) in [5.74, 6) is 0.573. The molecule has 2 aromatic rings. The van der Waals surface area contributed by atoms with E-state index in [2.05, 4.69) is 5.32 Å². The number of likely N-dealkylation sites (N-methyl/N-ethyl adjacent to an activating group) is 1. The number of nitrogens with zero attached hydrogens (tertiary/aromatic N) is 1. The maximum atomic E-state index is 13.0. The van der Waals surface area contributed by atoms with Gasteiger partial charge in [0.1, 0.15) is 11.8 Å². The van der Waals surface area contributed by atoms with Gasteiger partial charge in [0.15, 0.2) is 0 Å². The van der Waals surface area contributed by atoms with Crippen molar-refractivity contribution in [2.75, 3.05) is 20.7 Å². The van der Waals surface area contributed by atoms with Crippen molar-refractivity contribution in [3.63, 3.8) is 0 Å². The Hall–Kier alpha value is -2.82. The summed E-state index contributed by atoms with van der Waals surface area (Å²) in [5.41, 5.74) is 2.05. The molecule has 0 saturated carbocycles. The predicted octanol–water partition coefficient (Wildman–Crippen LogP) is 2.83. The number of ether oxygens (including phenoxy) is 1. The number of nitrogens with one attached hydrogen (secondary N) is 1. The van der Waals surface area contributed by atoms with Gasteiger partial charge in [0.25, 0.3) is 0 Å². The van der Waals surface area contributed by atoms with Gasteiger partial charge in [0, 0.05) is 13.6 Å². The van der Waals surface area contributed by atoms with Gasteiger partial charge in [0.05, 0.1) is 13.5 Å². The lowest BCUT2D eigenvalue weighted by Gasteiger charge is -2.30. The molecule has 144 valence electrons. The van der Waals surface area contributed by atoms with E-state index in [1.807, 2.05) is 61.5 Å². The average molecular weight is 368 g/mol. The van der Waals surface area contributed by atoms with Gasteiger partial charge >= 0.3 is 0 Å². The second-order valence-corrected chi connectivity index (χ2v) is 6.39. The summed E-state index contributed by atoms with van der Waals surface area (Å²) in [6.45, 7) is 2.43. The van der Waals surface area contributed by atoms with E-state index in [9.17, 15) is 9.59 Å². The van der Waals surface area contributed by atoms with Crippen molar-refractivity contribution in [2.45, 2.75) is 32.2 Å². The summed E-state index contributed by atoms with van der Waals surface area (Å²) in [4.78, 5) is 27.0. The number of hydrogen-bond donors (Lipinski definition) is 1. The highest BCUT2D eigenvalue weighted by Crippen LogP contribution is 2.15. The third kappa shape index (κ3) is 5.84. The molecule has 0 aromatic heterocycles. The number of amides is 2. The maximum Gasteiger partial charge on any atom is 0.242 e. The lowest BCUT2D eigenvalue weighted by atomic mass is 10.1. The molecule has 0 fully saturated rings. The Kier molecular flexibility index (Phi) is 7.86. The zero-order valence-electron chi connectivity index (χ0n) is 16.3. The van der Waals surface area contributed by atoms with Crippen LogP contribution in [0, 0.1) is 0 Å². The zero-order valence-corrected chi connectivity index (χ0v) is 16.3. The number of carbonyl (C=O) groups excluding carboxylic acids is 2. The van der Waals surface area contributed by atoms with Crippen molar-refractivity contribution in [3.8, 4) is 5.75 Å². The molecule has 1 atom stereocenters. The number of benzene rings is 2. The summed E-state index contributed by atoms with van der Waals surface area (Å²) in [6, 6.07) is 17.0. The first-order valence-electron chi connectivity index (χ1n) is 9.27. The molecule has 0 aliphatic rings. The summed E-state index contributed by atoms with van der Waals surface area (Å²) in [7, 11) is 3.22. The molecule has 0 aliphatic heterocycles. The SMILES string of the molecule is CC[C@@H](C(=O)NC)N(CCc1ccccc1)C(=O)Cc1ccc(OC)cc1. The van der Waals surface area contributed by atoms with E-state index in [1.54, 1.807) is 19.1 Å². The van der Waals surface area contributed by atoms with Crippen LogP contribution in [-0.2, 0) is 22.4 Å². The van der Waals surface area contributed by atoms with Crippen molar-refractivity contribution in [2.24, 2.45) is 0 Å². The lowest BCUT2D eigenvalue weighted by Crippen LogP contribution is -2.49. The molecule has 0 saturated heterocycles. The lowest BCUT2D eigenvalue weighted by molar-refractivity contribution is -0.140. The normalized spacial score (nSPS) is 11.5. The molecule has 5 nitrogen and oxygen atoms in total. The highest BCUT2D eigenvalue weighted by atomic mass is 16.5. The first-order valence-corrected chi connectivity index (χ1v) is 9.27. The molecule has 5 heteroatoms. The molecule has 0 aliphatic carbocycles. The fraction of sp³-hybridized carbons (Fsp3) is 0.364. The Morgan fingerprint density at radius 3 is 2.26 bits per heavy atom. The van der Waals surface area contributed by atoms with Crippen molar-refractivity contribution in [1.29, 1.82) is 0 Å². The quantitative estimate of drug-likeness (QED) is 0.740. The smallest absolute Gasteiger partial charge is 0.242 e. The van der Waals surface area contributed by atoms with E-state index in [0.29, 0.717) is 19.4 Å². The van der Waals surface area contributed by atoms with Crippen molar-refractivity contribution in [1.82, 2.24) is 10.2 Å². The Labute approximate surface area is 161 Å². The van der Waals surface area contributed by atoms with Crippen molar-refractivity contribution < 1.29 is 14.3 Å². The van der Waals surface area contributed by atoms with Crippen molar-refractivity contribution in [3.05, 3.63) is 65.7 Å². The van der Waals surface area contributed by atoms with E-state index >= 15 is 0 Å². The molecule has 27 heavy (non-hydrogen) atoms. The number of carbonyl (C=O) groups is 2. The van der Waals surface area contributed by atoms with Crippen LogP contribution in [0.4, 0.5) is 0 Å². The Morgan fingerprint density at radius 2 is 1.70 bits per heavy atom. The van der Waals surface area contributed by atoms with E-state index in [1.165, 1.54) is 0 Å². The fourth-order valence-corrected chi connectivity index (χ4v) is 3.08. The first kappa shape index (κ1) is 20.5. The number of rotatable bonds is 9.